The van der Waals surface area contributed by atoms with E-state index in [0.29, 0.717) is 19.5 Å². The number of hydrogen-bond acceptors (Lipinski definition) is 3. The molecule has 1 aromatic carbocycles. The smallest absolute Gasteiger partial charge is 0.308 e. The summed E-state index contributed by atoms with van der Waals surface area (Å²) in [7, 11) is 0. The van der Waals surface area contributed by atoms with Crippen LogP contribution in [0.3, 0.4) is 0 Å². The molecule has 2 N–H and O–H groups in total. The van der Waals surface area contributed by atoms with Gasteiger partial charge < -0.3 is 15.1 Å². The maximum Gasteiger partial charge on any atom is 0.308 e. The molecule has 0 aromatic heterocycles. The lowest BCUT2D eigenvalue weighted by molar-refractivity contribution is -0.141. The fourth-order valence-corrected chi connectivity index (χ4v) is 2.09. The van der Waals surface area contributed by atoms with Crippen LogP contribution in [0, 0.1) is 5.92 Å². The molecule has 1 fully saturated rings. The van der Waals surface area contributed by atoms with Crippen molar-refractivity contribution in [3.05, 3.63) is 29.8 Å². The molecule has 1 aliphatic heterocycles. The Balaban J connectivity index is 1.93. The summed E-state index contributed by atoms with van der Waals surface area (Å²) in [6, 6.07) is 6.45. The molecule has 1 aromatic rings. The second-order valence-corrected chi connectivity index (χ2v) is 4.51. The molecule has 18 heavy (non-hydrogen) atoms. The Hall–Kier alpha value is -2.04. The van der Waals surface area contributed by atoms with E-state index in [4.69, 9.17) is 10.2 Å². The highest BCUT2D eigenvalue weighted by Gasteiger charge is 2.30. The Labute approximate surface area is 105 Å². The van der Waals surface area contributed by atoms with Gasteiger partial charge in [-0.15, -0.1) is 0 Å². The van der Waals surface area contributed by atoms with Gasteiger partial charge in [-0.2, -0.15) is 0 Å². The van der Waals surface area contributed by atoms with Crippen LogP contribution >= 0.6 is 0 Å². The summed E-state index contributed by atoms with van der Waals surface area (Å²) in [5.41, 5.74) is 0.816. The third-order valence-electron chi connectivity index (χ3n) is 3.18. The number of hydrogen-bond donors (Lipinski definition) is 2. The van der Waals surface area contributed by atoms with E-state index >= 15 is 0 Å². The molecule has 2 rings (SSSR count). The Bertz CT molecular complexity index is 455. The number of likely N-dealkylation sites (tertiary alicyclic amines) is 1. The second kappa shape index (κ2) is 5.08. The van der Waals surface area contributed by atoms with E-state index in [2.05, 4.69) is 0 Å². The van der Waals surface area contributed by atoms with Crippen molar-refractivity contribution >= 4 is 11.9 Å². The molecular formula is C13H15NO4. The lowest BCUT2D eigenvalue weighted by Gasteiger charge is -2.15. The summed E-state index contributed by atoms with van der Waals surface area (Å²) in [5.74, 6) is -1.17. The maximum atomic E-state index is 11.9. The zero-order chi connectivity index (χ0) is 13.1. The molecule has 1 atom stereocenters. The van der Waals surface area contributed by atoms with Crippen molar-refractivity contribution in [2.24, 2.45) is 5.92 Å². The molecule has 0 bridgehead atoms. The van der Waals surface area contributed by atoms with E-state index < -0.39 is 11.9 Å². The van der Waals surface area contributed by atoms with Crippen molar-refractivity contribution < 1.29 is 19.8 Å². The first-order valence-corrected chi connectivity index (χ1v) is 5.85. The number of amides is 1. The van der Waals surface area contributed by atoms with Crippen LogP contribution in [-0.2, 0) is 16.0 Å². The quantitative estimate of drug-likeness (QED) is 0.833. The van der Waals surface area contributed by atoms with E-state index in [0.717, 1.165) is 5.56 Å². The second-order valence-electron chi connectivity index (χ2n) is 4.51. The van der Waals surface area contributed by atoms with Gasteiger partial charge in [-0.05, 0) is 24.1 Å². The minimum absolute atomic E-state index is 0.0653. The fourth-order valence-electron chi connectivity index (χ4n) is 2.09. The summed E-state index contributed by atoms with van der Waals surface area (Å²) >= 11 is 0. The summed E-state index contributed by atoms with van der Waals surface area (Å²) in [4.78, 5) is 24.3. The lowest BCUT2D eigenvalue weighted by atomic mass is 10.1. The Kier molecular flexibility index (Phi) is 3.50. The van der Waals surface area contributed by atoms with Crippen molar-refractivity contribution in [3.8, 4) is 5.75 Å². The first-order chi connectivity index (χ1) is 8.56. The molecule has 0 spiro atoms. The first-order valence-electron chi connectivity index (χ1n) is 5.85. The molecule has 1 aliphatic rings. The molecular weight excluding hydrogens is 234 g/mol. The Morgan fingerprint density at radius 1 is 1.28 bits per heavy atom. The summed E-state index contributed by atoms with van der Waals surface area (Å²) in [6.07, 6.45) is 0.767. The van der Waals surface area contributed by atoms with Crippen LogP contribution in [0.15, 0.2) is 24.3 Å². The van der Waals surface area contributed by atoms with Gasteiger partial charge in [-0.1, -0.05) is 12.1 Å². The van der Waals surface area contributed by atoms with Gasteiger partial charge in [0, 0.05) is 13.1 Å². The van der Waals surface area contributed by atoms with Crippen LogP contribution < -0.4 is 0 Å². The van der Waals surface area contributed by atoms with Gasteiger partial charge in [0.25, 0.3) is 0 Å². The van der Waals surface area contributed by atoms with Gasteiger partial charge >= 0.3 is 5.97 Å². The van der Waals surface area contributed by atoms with Crippen LogP contribution in [0.2, 0.25) is 0 Å². The molecule has 5 nitrogen and oxygen atoms in total. The number of phenols is 1. The normalized spacial score (nSPS) is 18.9. The number of benzene rings is 1. The third-order valence-corrected chi connectivity index (χ3v) is 3.18. The predicted octanol–water partition coefficient (Wildman–Crippen LogP) is 0.868. The number of aliphatic carboxylic acids is 1. The third kappa shape index (κ3) is 2.80. The number of carboxylic acids is 1. The summed E-state index contributed by atoms with van der Waals surface area (Å²) in [5, 5.41) is 18.0. The van der Waals surface area contributed by atoms with Crippen molar-refractivity contribution in [2.45, 2.75) is 12.8 Å². The van der Waals surface area contributed by atoms with Gasteiger partial charge in [0.2, 0.25) is 5.91 Å². The monoisotopic (exact) mass is 249 g/mol. The average Bonchev–Trinajstić information content (AvgIpc) is 2.81. The Morgan fingerprint density at radius 2 is 1.94 bits per heavy atom. The van der Waals surface area contributed by atoms with Crippen LogP contribution in [0.5, 0.6) is 5.75 Å². The summed E-state index contributed by atoms with van der Waals surface area (Å²) < 4.78 is 0. The highest BCUT2D eigenvalue weighted by molar-refractivity contribution is 5.80. The van der Waals surface area contributed by atoms with Crippen LogP contribution in [0.25, 0.3) is 0 Å². The molecule has 5 heteroatoms. The number of carbonyl (C=O) groups is 2. The van der Waals surface area contributed by atoms with E-state index in [9.17, 15) is 9.59 Å². The van der Waals surface area contributed by atoms with Gasteiger partial charge in [0.1, 0.15) is 5.75 Å². The fraction of sp³-hybridized carbons (Fsp3) is 0.385. The Morgan fingerprint density at radius 3 is 2.50 bits per heavy atom. The number of carboxylic acid groups (broad SMARTS) is 1. The van der Waals surface area contributed by atoms with Gasteiger partial charge in [0.05, 0.1) is 12.3 Å². The molecule has 0 saturated carbocycles. The molecule has 0 radical (unpaired) electrons. The van der Waals surface area contributed by atoms with Crippen LogP contribution in [0.1, 0.15) is 12.0 Å². The highest BCUT2D eigenvalue weighted by Crippen LogP contribution is 2.18. The maximum absolute atomic E-state index is 11.9. The highest BCUT2D eigenvalue weighted by atomic mass is 16.4. The van der Waals surface area contributed by atoms with Crippen molar-refractivity contribution in [1.29, 1.82) is 0 Å². The molecule has 0 aliphatic carbocycles. The largest absolute Gasteiger partial charge is 0.508 e. The number of nitrogens with zero attached hydrogens (tertiary/aromatic N) is 1. The summed E-state index contributed by atoms with van der Waals surface area (Å²) in [6.45, 7) is 0.806. The minimum Gasteiger partial charge on any atom is -0.508 e. The van der Waals surface area contributed by atoms with Gasteiger partial charge in [-0.25, -0.2) is 0 Å². The van der Waals surface area contributed by atoms with Crippen molar-refractivity contribution in [3.63, 3.8) is 0 Å². The molecule has 96 valence electrons. The number of carbonyl (C=O) groups excluding carboxylic acids is 1. The number of aromatic hydroxyl groups is 1. The van der Waals surface area contributed by atoms with Gasteiger partial charge in [-0.3, -0.25) is 9.59 Å². The lowest BCUT2D eigenvalue weighted by Crippen LogP contribution is -2.31. The first kappa shape index (κ1) is 12.4. The van der Waals surface area contributed by atoms with Crippen molar-refractivity contribution in [2.75, 3.05) is 13.1 Å². The van der Waals surface area contributed by atoms with E-state index in [1.54, 1.807) is 17.0 Å². The minimum atomic E-state index is -0.838. The molecule has 1 amide bonds. The molecule has 1 heterocycles. The van der Waals surface area contributed by atoms with E-state index in [1.807, 2.05) is 0 Å². The van der Waals surface area contributed by atoms with Crippen molar-refractivity contribution in [1.82, 2.24) is 4.90 Å². The molecule has 1 saturated heterocycles. The topological polar surface area (TPSA) is 77.8 Å². The average molecular weight is 249 g/mol. The SMILES string of the molecule is O=C(O)C1CCN(C(=O)Cc2ccc(O)cc2)C1. The van der Waals surface area contributed by atoms with E-state index in [1.165, 1.54) is 12.1 Å². The van der Waals surface area contributed by atoms with E-state index in [-0.39, 0.29) is 18.1 Å². The predicted molar refractivity (Wildman–Crippen MR) is 64.1 cm³/mol. The zero-order valence-corrected chi connectivity index (χ0v) is 9.87. The van der Waals surface area contributed by atoms with Gasteiger partial charge in [0.15, 0.2) is 0 Å². The number of phenolic OH excluding ortho intramolecular Hbond substituents is 1. The van der Waals surface area contributed by atoms with Crippen LogP contribution in [-0.4, -0.2) is 40.1 Å². The van der Waals surface area contributed by atoms with Crippen LogP contribution in [0.4, 0.5) is 0 Å². The molecule has 1 unspecified atom stereocenters. The number of rotatable bonds is 3. The standard InChI is InChI=1S/C13H15NO4/c15-11-3-1-9(2-4-11)7-12(16)14-6-5-10(8-14)13(17)18/h1-4,10,15H,5-8H2,(H,17,18). The zero-order valence-electron chi connectivity index (χ0n) is 9.87.